The van der Waals surface area contributed by atoms with Crippen molar-refractivity contribution < 1.29 is 9.31 Å². The summed E-state index contributed by atoms with van der Waals surface area (Å²) in [6, 6.07) is 4.61. The largest absolute Gasteiger partial charge is 0.304 e. The average Bonchev–Trinajstić information content (AvgIpc) is 2.32. The Hall–Kier alpha value is -1.14. The number of nitro groups is 1. The van der Waals surface area contributed by atoms with Gasteiger partial charge in [-0.25, -0.2) is 0 Å². The molecule has 4 nitrogen and oxygen atoms in total. The summed E-state index contributed by atoms with van der Waals surface area (Å²) in [5.74, 6) is 1.41. The van der Waals surface area contributed by atoms with E-state index in [0.717, 1.165) is 23.6 Å². The summed E-state index contributed by atoms with van der Waals surface area (Å²) in [6.07, 6.45) is 0. The molecule has 0 aliphatic carbocycles. The Morgan fingerprint density at radius 2 is 2.39 bits per heavy atom. The van der Waals surface area contributed by atoms with E-state index in [1.54, 1.807) is 6.07 Å². The SMILES string of the molecule is CC1CSCCN1Cc1ccc([N+](=O)[O-])c(F)c1. The van der Waals surface area contributed by atoms with Crippen LogP contribution in [0.25, 0.3) is 0 Å². The molecule has 1 aromatic carbocycles. The minimum atomic E-state index is -0.753. The molecule has 1 atom stereocenters. The fourth-order valence-corrected chi connectivity index (χ4v) is 3.11. The molecule has 0 spiro atoms. The summed E-state index contributed by atoms with van der Waals surface area (Å²) in [7, 11) is 0. The second kappa shape index (κ2) is 5.67. The Kier molecular flexibility index (Phi) is 4.19. The third-order valence-corrected chi connectivity index (χ3v) is 4.29. The maximum Gasteiger partial charge on any atom is 0.304 e. The zero-order chi connectivity index (χ0) is 13.1. The zero-order valence-corrected chi connectivity index (χ0v) is 11.0. The van der Waals surface area contributed by atoms with E-state index in [1.807, 2.05) is 11.8 Å². The van der Waals surface area contributed by atoms with Gasteiger partial charge >= 0.3 is 5.69 Å². The molecule has 0 aromatic heterocycles. The zero-order valence-electron chi connectivity index (χ0n) is 10.1. The number of hydrogen-bond acceptors (Lipinski definition) is 4. The molecule has 1 aromatic rings. The van der Waals surface area contributed by atoms with Gasteiger partial charge in [-0.15, -0.1) is 0 Å². The highest BCUT2D eigenvalue weighted by Gasteiger charge is 2.20. The van der Waals surface area contributed by atoms with Crippen molar-refractivity contribution in [1.29, 1.82) is 0 Å². The van der Waals surface area contributed by atoms with Gasteiger partial charge in [0.1, 0.15) is 0 Å². The van der Waals surface area contributed by atoms with Crippen LogP contribution in [-0.2, 0) is 6.54 Å². The fourth-order valence-electron chi connectivity index (χ4n) is 2.03. The summed E-state index contributed by atoms with van der Waals surface area (Å²) in [5.41, 5.74) is 0.331. The fraction of sp³-hybridized carbons (Fsp3) is 0.500. The maximum absolute atomic E-state index is 13.5. The van der Waals surface area contributed by atoms with Crippen LogP contribution in [0.1, 0.15) is 12.5 Å². The van der Waals surface area contributed by atoms with E-state index < -0.39 is 16.4 Å². The van der Waals surface area contributed by atoms with Gasteiger partial charge in [0.15, 0.2) is 0 Å². The van der Waals surface area contributed by atoms with Gasteiger partial charge in [0.05, 0.1) is 4.92 Å². The molecular weight excluding hydrogens is 255 g/mol. The number of thioether (sulfide) groups is 1. The third-order valence-electron chi connectivity index (χ3n) is 3.10. The summed E-state index contributed by atoms with van der Waals surface area (Å²) >= 11 is 1.92. The predicted octanol–water partition coefficient (Wildman–Crippen LogP) is 2.67. The van der Waals surface area contributed by atoms with Crippen molar-refractivity contribution in [3.8, 4) is 0 Å². The molecular formula is C12H15FN2O2S. The van der Waals surface area contributed by atoms with Crippen LogP contribution in [0.5, 0.6) is 0 Å². The lowest BCUT2D eigenvalue weighted by atomic mass is 10.1. The van der Waals surface area contributed by atoms with Crippen molar-refractivity contribution in [3.63, 3.8) is 0 Å². The predicted molar refractivity (Wildman–Crippen MR) is 70.3 cm³/mol. The van der Waals surface area contributed by atoms with Gasteiger partial charge in [-0.05, 0) is 18.6 Å². The topological polar surface area (TPSA) is 46.4 Å². The first-order valence-corrected chi connectivity index (χ1v) is 6.98. The smallest absolute Gasteiger partial charge is 0.295 e. The van der Waals surface area contributed by atoms with Crippen molar-refractivity contribution in [1.82, 2.24) is 4.90 Å². The lowest BCUT2D eigenvalue weighted by Crippen LogP contribution is -2.39. The minimum absolute atomic E-state index is 0.457. The van der Waals surface area contributed by atoms with Crippen LogP contribution in [-0.4, -0.2) is 33.9 Å². The second-order valence-electron chi connectivity index (χ2n) is 4.44. The van der Waals surface area contributed by atoms with E-state index in [9.17, 15) is 14.5 Å². The number of benzene rings is 1. The van der Waals surface area contributed by atoms with Crippen molar-refractivity contribution in [3.05, 3.63) is 39.7 Å². The van der Waals surface area contributed by atoms with E-state index in [1.165, 1.54) is 12.1 Å². The molecule has 0 bridgehead atoms. The van der Waals surface area contributed by atoms with Gasteiger partial charge in [0, 0.05) is 36.7 Å². The Labute approximate surface area is 109 Å². The van der Waals surface area contributed by atoms with E-state index in [0.29, 0.717) is 12.6 Å². The van der Waals surface area contributed by atoms with Gasteiger partial charge in [-0.2, -0.15) is 16.2 Å². The third kappa shape index (κ3) is 3.00. The van der Waals surface area contributed by atoms with Crippen LogP contribution in [0.3, 0.4) is 0 Å². The van der Waals surface area contributed by atoms with Crippen molar-refractivity contribution >= 4 is 17.4 Å². The molecule has 1 aliphatic rings. The highest BCUT2D eigenvalue weighted by Crippen LogP contribution is 2.22. The Morgan fingerprint density at radius 3 is 3.00 bits per heavy atom. The maximum atomic E-state index is 13.5. The number of nitrogens with zero attached hydrogens (tertiary/aromatic N) is 2. The first kappa shape index (κ1) is 13.3. The Balaban J connectivity index is 2.10. The molecule has 1 heterocycles. The van der Waals surface area contributed by atoms with E-state index in [2.05, 4.69) is 11.8 Å². The molecule has 1 aliphatic heterocycles. The highest BCUT2D eigenvalue weighted by molar-refractivity contribution is 7.99. The van der Waals surface area contributed by atoms with Gasteiger partial charge in [0.2, 0.25) is 5.82 Å². The minimum Gasteiger partial charge on any atom is -0.295 e. The molecule has 0 saturated carbocycles. The summed E-state index contributed by atoms with van der Waals surface area (Å²) in [6.45, 7) is 3.77. The van der Waals surface area contributed by atoms with Crippen molar-refractivity contribution in [2.75, 3.05) is 18.1 Å². The average molecular weight is 270 g/mol. The molecule has 6 heteroatoms. The molecule has 2 rings (SSSR count). The Morgan fingerprint density at radius 1 is 1.61 bits per heavy atom. The number of hydrogen-bond donors (Lipinski definition) is 0. The van der Waals surface area contributed by atoms with Crippen LogP contribution in [0.2, 0.25) is 0 Å². The van der Waals surface area contributed by atoms with Gasteiger partial charge in [0.25, 0.3) is 0 Å². The van der Waals surface area contributed by atoms with Crippen molar-refractivity contribution in [2.24, 2.45) is 0 Å². The van der Waals surface area contributed by atoms with Crippen LogP contribution in [0, 0.1) is 15.9 Å². The molecule has 98 valence electrons. The lowest BCUT2D eigenvalue weighted by molar-refractivity contribution is -0.387. The first-order valence-electron chi connectivity index (χ1n) is 5.82. The van der Waals surface area contributed by atoms with Crippen LogP contribution >= 0.6 is 11.8 Å². The lowest BCUT2D eigenvalue weighted by Gasteiger charge is -2.32. The van der Waals surface area contributed by atoms with Gasteiger partial charge in [-0.1, -0.05) is 6.07 Å². The number of halogens is 1. The van der Waals surface area contributed by atoms with E-state index >= 15 is 0 Å². The van der Waals surface area contributed by atoms with Crippen LogP contribution in [0.4, 0.5) is 10.1 Å². The highest BCUT2D eigenvalue weighted by atomic mass is 32.2. The molecule has 1 saturated heterocycles. The molecule has 0 amide bonds. The van der Waals surface area contributed by atoms with Crippen LogP contribution in [0.15, 0.2) is 18.2 Å². The van der Waals surface area contributed by atoms with Gasteiger partial charge in [-0.3, -0.25) is 15.0 Å². The molecule has 0 radical (unpaired) electrons. The molecule has 1 fully saturated rings. The summed E-state index contributed by atoms with van der Waals surface area (Å²) < 4.78 is 13.5. The standard InChI is InChI=1S/C12H15FN2O2S/c1-9-8-18-5-4-14(9)7-10-2-3-12(15(16)17)11(13)6-10/h2-3,6,9H,4-5,7-8H2,1H3. The summed E-state index contributed by atoms with van der Waals surface area (Å²) in [4.78, 5) is 12.1. The van der Waals surface area contributed by atoms with E-state index in [-0.39, 0.29) is 0 Å². The van der Waals surface area contributed by atoms with Crippen molar-refractivity contribution in [2.45, 2.75) is 19.5 Å². The summed E-state index contributed by atoms with van der Waals surface area (Å²) in [5, 5.41) is 10.5. The molecule has 0 N–H and O–H groups in total. The second-order valence-corrected chi connectivity index (χ2v) is 5.59. The van der Waals surface area contributed by atoms with Crippen LogP contribution < -0.4 is 0 Å². The monoisotopic (exact) mass is 270 g/mol. The molecule has 18 heavy (non-hydrogen) atoms. The Bertz CT molecular complexity index is 456. The van der Waals surface area contributed by atoms with Gasteiger partial charge < -0.3 is 0 Å². The normalized spacial score (nSPS) is 20.9. The quantitative estimate of drug-likeness (QED) is 0.626. The number of rotatable bonds is 3. The van der Waals surface area contributed by atoms with E-state index in [4.69, 9.17) is 0 Å². The molecule has 1 unspecified atom stereocenters. The first-order chi connectivity index (χ1) is 8.58. The number of nitro benzene ring substituents is 1.